The van der Waals surface area contributed by atoms with Crippen molar-refractivity contribution in [2.24, 2.45) is 11.8 Å². The van der Waals surface area contributed by atoms with Gasteiger partial charge >= 0.3 is 0 Å². The van der Waals surface area contributed by atoms with Crippen molar-refractivity contribution in [2.45, 2.75) is 54.8 Å². The van der Waals surface area contributed by atoms with Crippen molar-refractivity contribution in [1.82, 2.24) is 29.7 Å². The fourth-order valence-electron chi connectivity index (χ4n) is 6.97. The van der Waals surface area contributed by atoms with E-state index in [2.05, 4.69) is 30.4 Å². The van der Waals surface area contributed by atoms with Crippen LogP contribution in [0.25, 0.3) is 11.0 Å². The van der Waals surface area contributed by atoms with Gasteiger partial charge < -0.3 is 19.8 Å². The van der Waals surface area contributed by atoms with E-state index in [0.717, 1.165) is 17.5 Å². The number of para-hydroxylation sites is 1. The summed E-state index contributed by atoms with van der Waals surface area (Å²) in [5.74, 6) is -1.49. The summed E-state index contributed by atoms with van der Waals surface area (Å²) in [5.41, 5.74) is 1.54. The number of aromatic nitrogens is 3. The Balaban J connectivity index is 1.53. The zero-order valence-electron chi connectivity index (χ0n) is 23.2. The van der Waals surface area contributed by atoms with Gasteiger partial charge in [-0.25, -0.2) is 4.68 Å². The first-order valence-corrected chi connectivity index (χ1v) is 14.7. The molecule has 2 bridgehead atoms. The summed E-state index contributed by atoms with van der Waals surface area (Å²) in [7, 11) is 1.74. The summed E-state index contributed by atoms with van der Waals surface area (Å²) >= 11 is 1.66. The van der Waals surface area contributed by atoms with Gasteiger partial charge in [-0.3, -0.25) is 14.4 Å². The van der Waals surface area contributed by atoms with Gasteiger partial charge in [0.15, 0.2) is 0 Å². The summed E-state index contributed by atoms with van der Waals surface area (Å²) in [6.45, 7) is 10.9. The van der Waals surface area contributed by atoms with E-state index in [-0.39, 0.29) is 37.5 Å². The highest BCUT2D eigenvalue weighted by atomic mass is 32.2. The fourth-order valence-corrected chi connectivity index (χ4v) is 9.31. The van der Waals surface area contributed by atoms with Gasteiger partial charge in [-0.05, 0) is 44.7 Å². The van der Waals surface area contributed by atoms with E-state index in [1.54, 1.807) is 50.3 Å². The maximum Gasteiger partial charge on any atom is 0.248 e. The minimum absolute atomic E-state index is 0.0114. The van der Waals surface area contributed by atoms with Crippen LogP contribution < -0.4 is 0 Å². The van der Waals surface area contributed by atoms with Crippen LogP contribution in [0.15, 0.2) is 49.6 Å². The molecule has 3 aliphatic heterocycles. The standard InChI is InChI=1S/C29H38N6O4S/c1-5-15-32(4)25(37)22-23-26(38)34(17-9-10-18-36)24(29(23)14-13-28(22,3)40-29)27(39)33(16-6-2)19-35-21-12-8-7-11-20(21)30-31-35/h5-8,11-12,22-24,36H,1-2,9-10,13-19H2,3-4H3/t22-,23-,24?,28+,29?/m0/s1. The molecule has 0 saturated carbocycles. The second-order valence-electron chi connectivity index (χ2n) is 11.3. The third kappa shape index (κ3) is 4.43. The molecule has 214 valence electrons. The third-order valence-corrected chi connectivity index (χ3v) is 10.7. The number of aliphatic hydroxyl groups excluding tert-OH is 1. The molecular formula is C29H38N6O4S. The average molecular weight is 567 g/mol. The van der Waals surface area contributed by atoms with Crippen LogP contribution >= 0.6 is 11.8 Å². The first-order chi connectivity index (χ1) is 19.2. The quantitative estimate of drug-likeness (QED) is 0.310. The lowest BCUT2D eigenvalue weighted by atomic mass is 9.66. The molecule has 10 nitrogen and oxygen atoms in total. The Labute approximate surface area is 239 Å². The number of likely N-dealkylation sites (tertiary alicyclic amines) is 1. The van der Waals surface area contributed by atoms with Gasteiger partial charge in [0.1, 0.15) is 18.2 Å². The fraction of sp³-hybridized carbons (Fsp3) is 0.552. The van der Waals surface area contributed by atoms with E-state index < -0.39 is 27.4 Å². The highest BCUT2D eigenvalue weighted by molar-refractivity contribution is 8.02. The Bertz CT molecular complexity index is 1330. The molecular weight excluding hydrogens is 528 g/mol. The first kappa shape index (κ1) is 28.4. The number of likely N-dealkylation sites (N-methyl/N-ethyl adjacent to an activating group) is 1. The lowest BCUT2D eigenvalue weighted by Crippen LogP contribution is -2.55. The molecule has 1 aromatic heterocycles. The molecule has 4 heterocycles. The molecule has 5 atom stereocenters. The molecule has 11 heteroatoms. The zero-order chi connectivity index (χ0) is 28.7. The maximum absolute atomic E-state index is 14.6. The van der Waals surface area contributed by atoms with Crippen molar-refractivity contribution in [1.29, 1.82) is 0 Å². The molecule has 1 N–H and O–H groups in total. The van der Waals surface area contributed by atoms with Crippen molar-refractivity contribution in [3.8, 4) is 0 Å². The summed E-state index contributed by atoms with van der Waals surface area (Å²) in [6, 6.07) is 6.84. The number of nitrogens with zero attached hydrogens (tertiary/aromatic N) is 6. The van der Waals surface area contributed by atoms with Gasteiger partial charge in [0, 0.05) is 38.0 Å². The van der Waals surface area contributed by atoms with E-state index >= 15 is 0 Å². The third-order valence-electron chi connectivity index (χ3n) is 8.75. The molecule has 3 amide bonds. The number of aliphatic hydroxyl groups is 1. The Morgan fingerprint density at radius 3 is 2.65 bits per heavy atom. The van der Waals surface area contributed by atoms with E-state index in [1.165, 1.54) is 0 Å². The molecule has 3 saturated heterocycles. The van der Waals surface area contributed by atoms with Crippen LogP contribution in [0.2, 0.25) is 0 Å². The molecule has 0 aliphatic carbocycles. The van der Waals surface area contributed by atoms with E-state index in [1.807, 2.05) is 24.3 Å². The normalized spacial score (nSPS) is 28.6. The predicted octanol–water partition coefficient (Wildman–Crippen LogP) is 2.30. The largest absolute Gasteiger partial charge is 0.396 e. The number of hydrogen-bond acceptors (Lipinski definition) is 7. The zero-order valence-corrected chi connectivity index (χ0v) is 24.1. The Morgan fingerprint density at radius 1 is 1.18 bits per heavy atom. The lowest BCUT2D eigenvalue weighted by molar-refractivity contribution is -0.145. The number of amides is 3. The molecule has 0 radical (unpaired) electrons. The van der Waals surface area contributed by atoms with Gasteiger partial charge in [-0.2, -0.15) is 0 Å². The van der Waals surface area contributed by atoms with Crippen LogP contribution in [0.4, 0.5) is 0 Å². The molecule has 5 rings (SSSR count). The number of carbonyl (C=O) groups excluding carboxylic acids is 3. The number of rotatable bonds is 12. The summed E-state index contributed by atoms with van der Waals surface area (Å²) < 4.78 is 0.547. The number of hydrogen-bond donors (Lipinski definition) is 1. The second kappa shape index (κ2) is 11.0. The highest BCUT2D eigenvalue weighted by Crippen LogP contribution is 2.71. The highest BCUT2D eigenvalue weighted by Gasteiger charge is 2.77. The minimum Gasteiger partial charge on any atom is -0.396 e. The Hall–Kier alpha value is -3.18. The van der Waals surface area contributed by atoms with Crippen molar-refractivity contribution in [3.05, 3.63) is 49.6 Å². The van der Waals surface area contributed by atoms with Gasteiger partial charge in [0.25, 0.3) is 0 Å². The van der Waals surface area contributed by atoms with Crippen molar-refractivity contribution < 1.29 is 19.5 Å². The Kier molecular flexibility index (Phi) is 7.80. The smallest absolute Gasteiger partial charge is 0.248 e. The summed E-state index contributed by atoms with van der Waals surface area (Å²) in [6.07, 6.45) is 5.89. The molecule has 40 heavy (non-hydrogen) atoms. The van der Waals surface area contributed by atoms with Crippen molar-refractivity contribution in [2.75, 3.05) is 33.3 Å². The average Bonchev–Trinajstić information content (AvgIpc) is 3.64. The molecule has 1 aromatic carbocycles. The van der Waals surface area contributed by atoms with Crippen molar-refractivity contribution in [3.63, 3.8) is 0 Å². The maximum atomic E-state index is 14.6. The minimum atomic E-state index is -0.729. The van der Waals surface area contributed by atoms with Crippen LogP contribution in [-0.4, -0.2) is 101 Å². The summed E-state index contributed by atoms with van der Waals surface area (Å²) in [5, 5.41) is 17.9. The van der Waals surface area contributed by atoms with Crippen LogP contribution in [-0.2, 0) is 21.1 Å². The van der Waals surface area contributed by atoms with E-state index in [9.17, 15) is 19.5 Å². The summed E-state index contributed by atoms with van der Waals surface area (Å²) in [4.78, 5) is 47.6. The SMILES string of the molecule is C=CCN(C)C(=O)[C@@H]1[C@H]2C(=O)N(CCCCO)C(C(=O)N(CC=C)Cn3nnc4ccccc43)C23CC[C@@]1(C)S3. The molecule has 2 unspecified atom stereocenters. The molecule has 3 fully saturated rings. The number of thioether (sulfide) groups is 1. The number of carbonyl (C=O) groups is 3. The number of unbranched alkanes of at least 4 members (excludes halogenated alkanes) is 1. The van der Waals surface area contributed by atoms with Crippen LogP contribution in [0.5, 0.6) is 0 Å². The van der Waals surface area contributed by atoms with Gasteiger partial charge in [0.2, 0.25) is 17.7 Å². The molecule has 1 spiro atoms. The van der Waals surface area contributed by atoms with Crippen molar-refractivity contribution >= 4 is 40.5 Å². The van der Waals surface area contributed by atoms with E-state index in [0.29, 0.717) is 32.4 Å². The number of benzene rings is 1. The second-order valence-corrected chi connectivity index (χ2v) is 13.2. The van der Waals surface area contributed by atoms with Gasteiger partial charge in [0.05, 0.1) is 22.1 Å². The van der Waals surface area contributed by atoms with Gasteiger partial charge in [-0.1, -0.05) is 29.5 Å². The predicted molar refractivity (Wildman–Crippen MR) is 154 cm³/mol. The van der Waals surface area contributed by atoms with Crippen LogP contribution in [0, 0.1) is 11.8 Å². The van der Waals surface area contributed by atoms with Gasteiger partial charge in [-0.15, -0.1) is 30.0 Å². The van der Waals surface area contributed by atoms with Crippen LogP contribution in [0.3, 0.4) is 0 Å². The molecule has 2 aromatic rings. The molecule has 3 aliphatic rings. The monoisotopic (exact) mass is 566 g/mol. The lowest BCUT2D eigenvalue weighted by Gasteiger charge is -2.37. The van der Waals surface area contributed by atoms with Crippen LogP contribution in [0.1, 0.15) is 32.6 Å². The topological polar surface area (TPSA) is 112 Å². The Morgan fingerprint density at radius 2 is 1.93 bits per heavy atom. The first-order valence-electron chi connectivity index (χ1n) is 13.9. The number of fused-ring (bicyclic) bond motifs is 2. The van der Waals surface area contributed by atoms with E-state index in [4.69, 9.17) is 0 Å².